The molecule has 0 radical (unpaired) electrons. The molecule has 2 nitrogen and oxygen atoms in total. The summed E-state index contributed by atoms with van der Waals surface area (Å²) in [4.78, 5) is 0. The van der Waals surface area contributed by atoms with Gasteiger partial charge in [-0.2, -0.15) is 10.2 Å². The van der Waals surface area contributed by atoms with E-state index in [1.807, 2.05) is 6.08 Å². The summed E-state index contributed by atoms with van der Waals surface area (Å²) in [6.45, 7) is 5.50. The molecule has 0 heterocycles. The predicted octanol–water partition coefficient (Wildman–Crippen LogP) is 2.90. The Morgan fingerprint density at radius 1 is 1.44 bits per heavy atom. The zero-order valence-corrected chi connectivity index (χ0v) is 5.75. The SMILES string of the molecule is C=CN=N/C=C\CCC. The molecule has 2 heteroatoms. The van der Waals surface area contributed by atoms with Crippen molar-refractivity contribution in [3.05, 3.63) is 25.1 Å². The molecule has 0 saturated carbocycles. The van der Waals surface area contributed by atoms with Crippen LogP contribution < -0.4 is 0 Å². The number of rotatable bonds is 4. The first-order valence-corrected chi connectivity index (χ1v) is 3.07. The number of azo groups is 1. The van der Waals surface area contributed by atoms with E-state index in [0.717, 1.165) is 12.8 Å². The van der Waals surface area contributed by atoms with Crippen LogP contribution in [0.1, 0.15) is 19.8 Å². The lowest BCUT2D eigenvalue weighted by atomic mass is 10.3. The summed E-state index contributed by atoms with van der Waals surface area (Å²) in [6, 6.07) is 0. The van der Waals surface area contributed by atoms with Crippen LogP contribution >= 0.6 is 0 Å². The molecule has 0 N–H and O–H groups in total. The highest BCUT2D eigenvalue weighted by Gasteiger charge is 1.68. The Bertz CT molecular complexity index is 114. The van der Waals surface area contributed by atoms with Crippen LogP contribution in [-0.2, 0) is 0 Å². The highest BCUT2D eigenvalue weighted by Crippen LogP contribution is 1.88. The smallest absolute Gasteiger partial charge is 0.0455 e. The van der Waals surface area contributed by atoms with Gasteiger partial charge in [0, 0.05) is 12.4 Å². The molecule has 50 valence electrons. The van der Waals surface area contributed by atoms with Crippen molar-refractivity contribution in [1.82, 2.24) is 0 Å². The molecule has 9 heavy (non-hydrogen) atoms. The second-order valence-corrected chi connectivity index (χ2v) is 1.59. The van der Waals surface area contributed by atoms with E-state index in [1.165, 1.54) is 6.20 Å². The standard InChI is InChI=1S/C7H12N2/c1-3-5-6-7-9-8-4-2/h4,6-7H,2-3,5H2,1H3/b7-6-,9-8?. The van der Waals surface area contributed by atoms with Crippen LogP contribution in [-0.4, -0.2) is 0 Å². The third-order valence-corrected chi connectivity index (χ3v) is 0.776. The van der Waals surface area contributed by atoms with Crippen molar-refractivity contribution in [2.24, 2.45) is 10.2 Å². The topological polar surface area (TPSA) is 24.7 Å². The maximum Gasteiger partial charge on any atom is 0.0455 e. The van der Waals surface area contributed by atoms with Crippen molar-refractivity contribution in [2.45, 2.75) is 19.8 Å². The van der Waals surface area contributed by atoms with Crippen LogP contribution in [0.2, 0.25) is 0 Å². The van der Waals surface area contributed by atoms with Crippen LogP contribution in [0.4, 0.5) is 0 Å². The Kier molecular flexibility index (Phi) is 6.36. The second kappa shape index (κ2) is 7.08. The molecular formula is C7H12N2. The van der Waals surface area contributed by atoms with E-state index in [2.05, 4.69) is 23.7 Å². The zero-order valence-electron chi connectivity index (χ0n) is 5.75. The third kappa shape index (κ3) is 7.08. The first kappa shape index (κ1) is 8.08. The van der Waals surface area contributed by atoms with Crippen molar-refractivity contribution in [2.75, 3.05) is 0 Å². The van der Waals surface area contributed by atoms with Crippen LogP contribution in [0.25, 0.3) is 0 Å². The molecule has 0 saturated heterocycles. The van der Waals surface area contributed by atoms with Crippen molar-refractivity contribution < 1.29 is 0 Å². The minimum atomic E-state index is 1.07. The predicted molar refractivity (Wildman–Crippen MR) is 39.1 cm³/mol. The summed E-state index contributed by atoms with van der Waals surface area (Å²) < 4.78 is 0. The fraction of sp³-hybridized carbons (Fsp3) is 0.429. The largest absolute Gasteiger partial charge is 0.160 e. The molecule has 0 atom stereocenters. The van der Waals surface area contributed by atoms with E-state index in [9.17, 15) is 0 Å². The maximum absolute atomic E-state index is 3.65. The van der Waals surface area contributed by atoms with E-state index in [4.69, 9.17) is 0 Å². The number of allylic oxidation sites excluding steroid dienone is 1. The summed E-state index contributed by atoms with van der Waals surface area (Å²) in [6.07, 6.45) is 7.30. The summed E-state index contributed by atoms with van der Waals surface area (Å²) in [5.74, 6) is 0. The van der Waals surface area contributed by atoms with Crippen LogP contribution in [0, 0.1) is 0 Å². The van der Waals surface area contributed by atoms with E-state index in [-0.39, 0.29) is 0 Å². The van der Waals surface area contributed by atoms with Gasteiger partial charge in [0.15, 0.2) is 0 Å². The third-order valence-electron chi connectivity index (χ3n) is 0.776. The molecule has 0 aliphatic rings. The number of nitrogens with zero attached hydrogens (tertiary/aromatic N) is 2. The fourth-order valence-electron chi connectivity index (χ4n) is 0.374. The Labute approximate surface area is 56.0 Å². The van der Waals surface area contributed by atoms with Gasteiger partial charge in [-0.05, 0) is 6.42 Å². The molecule has 0 fully saturated rings. The van der Waals surface area contributed by atoms with Gasteiger partial charge in [0.2, 0.25) is 0 Å². The lowest BCUT2D eigenvalue weighted by molar-refractivity contribution is 0.953. The first-order valence-electron chi connectivity index (χ1n) is 3.07. The number of hydrogen-bond donors (Lipinski definition) is 0. The molecule has 0 aromatic rings. The molecule has 0 bridgehead atoms. The zero-order chi connectivity index (χ0) is 6.95. The molecule has 0 amide bonds. The quantitative estimate of drug-likeness (QED) is 0.515. The Hall–Kier alpha value is -0.920. The second-order valence-electron chi connectivity index (χ2n) is 1.59. The van der Waals surface area contributed by atoms with Crippen molar-refractivity contribution in [1.29, 1.82) is 0 Å². The normalized spacial score (nSPS) is 11.2. The summed E-state index contributed by atoms with van der Waals surface area (Å²) in [5.41, 5.74) is 0. The maximum atomic E-state index is 3.65. The van der Waals surface area contributed by atoms with Gasteiger partial charge in [0.25, 0.3) is 0 Å². The monoisotopic (exact) mass is 124 g/mol. The number of hydrogen-bond acceptors (Lipinski definition) is 2. The first-order chi connectivity index (χ1) is 4.41. The highest BCUT2D eigenvalue weighted by atomic mass is 15.1. The van der Waals surface area contributed by atoms with Gasteiger partial charge < -0.3 is 0 Å². The Morgan fingerprint density at radius 3 is 2.78 bits per heavy atom. The minimum Gasteiger partial charge on any atom is -0.160 e. The Balaban J connectivity index is 3.23. The van der Waals surface area contributed by atoms with Gasteiger partial charge >= 0.3 is 0 Å². The molecule has 0 aromatic carbocycles. The van der Waals surface area contributed by atoms with Crippen LogP contribution in [0.15, 0.2) is 35.3 Å². The molecule has 0 aromatic heterocycles. The van der Waals surface area contributed by atoms with E-state index < -0.39 is 0 Å². The van der Waals surface area contributed by atoms with Crippen LogP contribution in [0.5, 0.6) is 0 Å². The average Bonchev–Trinajstić information content (AvgIpc) is 1.89. The van der Waals surface area contributed by atoms with E-state index in [0.29, 0.717) is 0 Å². The van der Waals surface area contributed by atoms with Crippen molar-refractivity contribution >= 4 is 0 Å². The van der Waals surface area contributed by atoms with E-state index >= 15 is 0 Å². The summed E-state index contributed by atoms with van der Waals surface area (Å²) in [5, 5.41) is 7.20. The lowest BCUT2D eigenvalue weighted by Crippen LogP contribution is -1.57. The lowest BCUT2D eigenvalue weighted by Gasteiger charge is -1.77. The van der Waals surface area contributed by atoms with Gasteiger partial charge in [0.05, 0.1) is 0 Å². The molecule has 0 unspecified atom stereocenters. The van der Waals surface area contributed by atoms with Gasteiger partial charge in [-0.1, -0.05) is 26.0 Å². The van der Waals surface area contributed by atoms with Crippen molar-refractivity contribution in [3.63, 3.8) is 0 Å². The highest BCUT2D eigenvalue weighted by molar-refractivity contribution is 4.78. The molecule has 0 spiro atoms. The Morgan fingerprint density at radius 2 is 2.22 bits per heavy atom. The minimum absolute atomic E-state index is 1.07. The van der Waals surface area contributed by atoms with E-state index in [1.54, 1.807) is 6.20 Å². The van der Waals surface area contributed by atoms with Gasteiger partial charge in [-0.3, -0.25) is 0 Å². The molecule has 0 rings (SSSR count). The fourth-order valence-corrected chi connectivity index (χ4v) is 0.374. The van der Waals surface area contributed by atoms with Crippen molar-refractivity contribution in [3.8, 4) is 0 Å². The summed E-state index contributed by atoms with van der Waals surface area (Å²) >= 11 is 0. The van der Waals surface area contributed by atoms with Crippen LogP contribution in [0.3, 0.4) is 0 Å². The van der Waals surface area contributed by atoms with Gasteiger partial charge in [-0.25, -0.2) is 0 Å². The summed E-state index contributed by atoms with van der Waals surface area (Å²) in [7, 11) is 0. The number of unbranched alkanes of at least 4 members (excludes halogenated alkanes) is 1. The molecular weight excluding hydrogens is 112 g/mol. The van der Waals surface area contributed by atoms with Gasteiger partial charge in [-0.15, -0.1) is 0 Å². The van der Waals surface area contributed by atoms with Gasteiger partial charge in [0.1, 0.15) is 0 Å². The average molecular weight is 124 g/mol. The molecule has 0 aliphatic heterocycles. The molecule has 0 aliphatic carbocycles.